The molecule has 1 saturated heterocycles. The van der Waals surface area contributed by atoms with E-state index in [1.54, 1.807) is 12.1 Å². The molecule has 0 aliphatic carbocycles. The Labute approximate surface area is 166 Å². The Morgan fingerprint density at radius 2 is 1.85 bits per heavy atom. The van der Waals surface area contributed by atoms with E-state index < -0.39 is 17.7 Å². The zero-order valence-electron chi connectivity index (χ0n) is 14.4. The topological polar surface area (TPSA) is 77.8 Å². The molecule has 2 aromatic rings. The second-order valence-electron chi connectivity index (χ2n) is 6.22. The fourth-order valence-electron chi connectivity index (χ4n) is 3.19. The van der Waals surface area contributed by atoms with Crippen LogP contribution >= 0.6 is 23.2 Å². The first-order chi connectivity index (χ1) is 12.8. The van der Waals surface area contributed by atoms with Crippen molar-refractivity contribution in [2.45, 2.75) is 19.4 Å². The van der Waals surface area contributed by atoms with E-state index in [4.69, 9.17) is 23.2 Å². The van der Waals surface area contributed by atoms with E-state index in [0.717, 1.165) is 0 Å². The summed E-state index contributed by atoms with van der Waals surface area (Å²) in [6.45, 7) is 2.22. The summed E-state index contributed by atoms with van der Waals surface area (Å²) in [6.07, 6.45) is 0.634. The maximum atomic E-state index is 12.7. The molecule has 0 aromatic heterocycles. The van der Waals surface area contributed by atoms with Crippen LogP contribution in [0, 0.1) is 0 Å². The highest BCUT2D eigenvalue weighted by Gasteiger charge is 2.45. The maximum absolute atomic E-state index is 12.7. The highest BCUT2D eigenvalue weighted by molar-refractivity contribution is 6.46. The predicted octanol–water partition coefficient (Wildman–Crippen LogP) is 4.53. The molecule has 1 aliphatic heterocycles. The van der Waals surface area contributed by atoms with Crippen LogP contribution in [-0.2, 0) is 9.59 Å². The van der Waals surface area contributed by atoms with Crippen molar-refractivity contribution in [1.29, 1.82) is 0 Å². The average molecular weight is 406 g/mol. The highest BCUT2D eigenvalue weighted by atomic mass is 35.5. The standard InChI is InChI=1S/C20H17Cl2NO4/c1-2-8-23-17(11-4-3-5-13(24)9-11)16(19(26)20(23)27)18(25)12-6-7-14(21)15(22)10-12/h3-7,9-10,17,24-25H,2,8H2,1H3/b18-16-. The molecule has 27 heavy (non-hydrogen) atoms. The van der Waals surface area contributed by atoms with Crippen molar-refractivity contribution >= 4 is 40.7 Å². The zero-order valence-corrected chi connectivity index (χ0v) is 16.0. The van der Waals surface area contributed by atoms with Crippen LogP contribution in [0.3, 0.4) is 0 Å². The van der Waals surface area contributed by atoms with Gasteiger partial charge >= 0.3 is 0 Å². The number of rotatable bonds is 4. The molecule has 1 heterocycles. The van der Waals surface area contributed by atoms with Crippen molar-refractivity contribution in [2.75, 3.05) is 6.54 Å². The Balaban J connectivity index is 2.21. The van der Waals surface area contributed by atoms with Crippen LogP contribution in [-0.4, -0.2) is 33.3 Å². The molecule has 1 unspecified atom stereocenters. The normalized spacial score (nSPS) is 18.9. The summed E-state index contributed by atoms with van der Waals surface area (Å²) in [5.41, 5.74) is 0.769. The van der Waals surface area contributed by atoms with E-state index in [9.17, 15) is 19.8 Å². The molecule has 3 rings (SSSR count). The van der Waals surface area contributed by atoms with Crippen molar-refractivity contribution in [2.24, 2.45) is 0 Å². The lowest BCUT2D eigenvalue weighted by Crippen LogP contribution is -2.30. The number of benzene rings is 2. The van der Waals surface area contributed by atoms with E-state index in [1.807, 2.05) is 6.92 Å². The Bertz CT molecular complexity index is 955. The van der Waals surface area contributed by atoms with Crippen molar-refractivity contribution in [1.82, 2.24) is 4.90 Å². The summed E-state index contributed by atoms with van der Waals surface area (Å²) < 4.78 is 0. The van der Waals surface area contributed by atoms with Gasteiger partial charge in [0.25, 0.3) is 11.7 Å². The van der Waals surface area contributed by atoms with Crippen LogP contribution in [0.1, 0.15) is 30.5 Å². The van der Waals surface area contributed by atoms with E-state index in [0.29, 0.717) is 23.6 Å². The molecule has 2 N–H and O–H groups in total. The Hall–Kier alpha value is -2.50. The molecule has 140 valence electrons. The number of carbonyl (C=O) groups is 2. The molecule has 7 heteroatoms. The minimum Gasteiger partial charge on any atom is -0.508 e. The van der Waals surface area contributed by atoms with Crippen molar-refractivity contribution in [3.63, 3.8) is 0 Å². The van der Waals surface area contributed by atoms with Gasteiger partial charge in [-0.1, -0.05) is 42.3 Å². The van der Waals surface area contributed by atoms with Gasteiger partial charge in [-0.05, 0) is 42.3 Å². The largest absolute Gasteiger partial charge is 0.508 e. The van der Waals surface area contributed by atoms with E-state index in [-0.39, 0.29) is 27.7 Å². The first-order valence-corrected chi connectivity index (χ1v) is 9.13. The van der Waals surface area contributed by atoms with Crippen LogP contribution in [0.25, 0.3) is 5.76 Å². The summed E-state index contributed by atoms with van der Waals surface area (Å²) in [4.78, 5) is 26.7. The zero-order chi connectivity index (χ0) is 19.7. The van der Waals surface area contributed by atoms with Gasteiger partial charge in [-0.25, -0.2) is 0 Å². The van der Waals surface area contributed by atoms with E-state index in [1.165, 1.54) is 35.2 Å². The Kier molecular flexibility index (Phi) is 5.44. The van der Waals surface area contributed by atoms with Crippen molar-refractivity contribution in [3.05, 3.63) is 69.2 Å². The number of carbonyl (C=O) groups excluding carboxylic acids is 2. The van der Waals surface area contributed by atoms with Crippen molar-refractivity contribution in [3.8, 4) is 5.75 Å². The number of ketones is 1. The van der Waals surface area contributed by atoms with Crippen LogP contribution in [0.5, 0.6) is 5.75 Å². The third-order valence-electron chi connectivity index (χ3n) is 4.38. The lowest BCUT2D eigenvalue weighted by atomic mass is 9.95. The quantitative estimate of drug-likeness (QED) is 0.444. The molecule has 1 atom stereocenters. The molecule has 1 amide bonds. The SMILES string of the molecule is CCCN1C(=O)C(=O)/C(=C(\O)c2ccc(Cl)c(Cl)c2)C1c1cccc(O)c1. The molecule has 5 nitrogen and oxygen atoms in total. The smallest absolute Gasteiger partial charge is 0.295 e. The summed E-state index contributed by atoms with van der Waals surface area (Å²) in [5, 5.41) is 21.2. The molecule has 0 saturated carbocycles. The Morgan fingerprint density at radius 1 is 1.11 bits per heavy atom. The molecular formula is C20H17Cl2NO4. The second-order valence-corrected chi connectivity index (χ2v) is 7.03. The van der Waals surface area contributed by atoms with E-state index >= 15 is 0 Å². The summed E-state index contributed by atoms with van der Waals surface area (Å²) >= 11 is 11.9. The van der Waals surface area contributed by atoms with Gasteiger partial charge in [0.1, 0.15) is 11.5 Å². The van der Waals surface area contributed by atoms with Gasteiger partial charge in [-0.2, -0.15) is 0 Å². The summed E-state index contributed by atoms with van der Waals surface area (Å²) in [5.74, 6) is -1.80. The number of aromatic hydroxyl groups is 1. The van der Waals surface area contributed by atoms with E-state index in [2.05, 4.69) is 0 Å². The molecule has 2 aromatic carbocycles. The predicted molar refractivity (Wildman–Crippen MR) is 104 cm³/mol. The van der Waals surface area contributed by atoms with Gasteiger partial charge in [-0.3, -0.25) is 9.59 Å². The van der Waals surface area contributed by atoms with Gasteiger partial charge in [0.15, 0.2) is 0 Å². The molecular weight excluding hydrogens is 389 g/mol. The number of hydrogen-bond donors (Lipinski definition) is 2. The number of nitrogens with zero attached hydrogens (tertiary/aromatic N) is 1. The number of aliphatic hydroxyl groups excluding tert-OH is 1. The molecule has 0 bridgehead atoms. The summed E-state index contributed by atoms with van der Waals surface area (Å²) in [6, 6.07) is 9.95. The number of Topliss-reactive ketones (excluding diaryl/α,β-unsaturated/α-hetero) is 1. The number of aliphatic hydroxyl groups is 1. The van der Waals surface area contributed by atoms with Gasteiger partial charge in [-0.15, -0.1) is 0 Å². The molecule has 1 fully saturated rings. The fraction of sp³-hybridized carbons (Fsp3) is 0.200. The number of phenolic OH excluding ortho intramolecular Hbond substituents is 1. The number of phenols is 1. The van der Waals surface area contributed by atoms with Crippen LogP contribution in [0.15, 0.2) is 48.0 Å². The minimum absolute atomic E-state index is 0.00382. The van der Waals surface area contributed by atoms with Gasteiger partial charge in [0.05, 0.1) is 21.7 Å². The first-order valence-electron chi connectivity index (χ1n) is 8.38. The second kappa shape index (κ2) is 7.62. The summed E-state index contributed by atoms with van der Waals surface area (Å²) in [7, 11) is 0. The monoisotopic (exact) mass is 405 g/mol. The van der Waals surface area contributed by atoms with Gasteiger partial charge in [0.2, 0.25) is 0 Å². The van der Waals surface area contributed by atoms with Crippen LogP contribution in [0.4, 0.5) is 0 Å². The molecule has 0 radical (unpaired) electrons. The van der Waals surface area contributed by atoms with Crippen LogP contribution < -0.4 is 0 Å². The third-order valence-corrected chi connectivity index (χ3v) is 5.12. The molecule has 1 aliphatic rings. The lowest BCUT2D eigenvalue weighted by molar-refractivity contribution is -0.139. The fourth-order valence-corrected chi connectivity index (χ4v) is 3.49. The van der Waals surface area contributed by atoms with Gasteiger partial charge in [0, 0.05) is 12.1 Å². The molecule has 0 spiro atoms. The first kappa shape index (κ1) is 19.3. The Morgan fingerprint density at radius 3 is 2.48 bits per heavy atom. The highest BCUT2D eigenvalue weighted by Crippen LogP contribution is 2.40. The number of halogens is 2. The van der Waals surface area contributed by atoms with Crippen LogP contribution in [0.2, 0.25) is 10.0 Å². The minimum atomic E-state index is -0.800. The number of amides is 1. The average Bonchev–Trinajstić information content (AvgIpc) is 2.89. The lowest BCUT2D eigenvalue weighted by Gasteiger charge is -2.25. The number of likely N-dealkylation sites (tertiary alicyclic amines) is 1. The number of hydrogen-bond acceptors (Lipinski definition) is 4. The van der Waals surface area contributed by atoms with Gasteiger partial charge < -0.3 is 15.1 Å². The third kappa shape index (κ3) is 3.53. The van der Waals surface area contributed by atoms with Crippen molar-refractivity contribution < 1.29 is 19.8 Å². The maximum Gasteiger partial charge on any atom is 0.295 e.